The van der Waals surface area contributed by atoms with Crippen molar-refractivity contribution in [1.82, 2.24) is 0 Å². The Kier molecular flexibility index (Phi) is 1.41. The summed E-state index contributed by atoms with van der Waals surface area (Å²) in [6, 6.07) is 0. The van der Waals surface area contributed by atoms with E-state index in [1.165, 1.54) is 0 Å². The molecule has 2 aliphatic rings. The zero-order chi connectivity index (χ0) is 7.57. The van der Waals surface area contributed by atoms with E-state index in [-0.39, 0.29) is 3.36 Å². The fourth-order valence-corrected chi connectivity index (χ4v) is 240. The van der Waals surface area contributed by atoms with Gasteiger partial charge in [-0.3, -0.25) is 0 Å². The van der Waals surface area contributed by atoms with Crippen molar-refractivity contribution in [2.45, 2.75) is 0 Å². The Balaban J connectivity index is 3.08. The minimum absolute atomic E-state index is 0.0365. The summed E-state index contributed by atoms with van der Waals surface area (Å²) in [4.78, 5) is 31.5. The van der Waals surface area contributed by atoms with Crippen LogP contribution in [0.25, 0.3) is 0 Å². The van der Waals surface area contributed by atoms with Gasteiger partial charge < -0.3 is 0 Å². The van der Waals surface area contributed by atoms with Crippen molar-refractivity contribution in [3.63, 3.8) is 0 Å². The molecule has 0 spiro atoms. The molecule has 7 heteroatoms. The van der Waals surface area contributed by atoms with Crippen molar-refractivity contribution >= 4 is 38.6 Å². The van der Waals surface area contributed by atoms with Crippen molar-refractivity contribution in [3.05, 3.63) is 0 Å². The van der Waals surface area contributed by atoms with Crippen LogP contribution in [-0.4, -0.2) is 38.6 Å². The molecule has 0 amide bonds. The molecule has 0 aromatic carbocycles. The van der Waals surface area contributed by atoms with Crippen molar-refractivity contribution in [2.75, 3.05) is 0 Å². The molecule has 2 fully saturated rings. The van der Waals surface area contributed by atoms with Crippen LogP contribution in [0.1, 0.15) is 0 Å². The Morgan fingerprint density at radius 2 is 1.70 bits per heavy atom. The van der Waals surface area contributed by atoms with Crippen LogP contribution in [0.5, 0.6) is 0 Å². The molecule has 2 heterocycles. The van der Waals surface area contributed by atoms with E-state index in [4.69, 9.17) is 0 Å². The first-order valence-corrected chi connectivity index (χ1v) is 24.7. The van der Waals surface area contributed by atoms with Gasteiger partial charge in [-0.2, -0.15) is 0 Å². The molecule has 3 nitrogen and oxygen atoms in total. The van der Waals surface area contributed by atoms with E-state index in [1.807, 2.05) is 9.34 Å². The number of fused-ring (bicyclic) bond motifs is 1. The van der Waals surface area contributed by atoms with Gasteiger partial charge in [0, 0.05) is 0 Å². The Labute approximate surface area is 65.1 Å². The van der Waals surface area contributed by atoms with Crippen molar-refractivity contribution in [3.8, 4) is 0 Å². The maximum absolute atomic E-state index is 10.9. The van der Waals surface area contributed by atoms with Gasteiger partial charge >= 0.3 is 65.9 Å². The number of hydrogen-bond donors (Lipinski definition) is 0. The molecule has 0 saturated carbocycles. The number of carbonyl (C=O) groups is 1. The summed E-state index contributed by atoms with van der Waals surface area (Å²) in [5.74, 6) is 0. The van der Waals surface area contributed by atoms with Gasteiger partial charge in [-0.1, -0.05) is 0 Å². The molecular formula is C3As3CoO3. The van der Waals surface area contributed by atoms with Crippen molar-refractivity contribution in [2.24, 2.45) is 0 Å². The van der Waals surface area contributed by atoms with Crippen LogP contribution in [-0.2, 0) is 22.6 Å². The Bertz CT molecular complexity index is 441. The summed E-state index contributed by atoms with van der Waals surface area (Å²) < 4.78 is 3.74. The van der Waals surface area contributed by atoms with E-state index in [0.717, 1.165) is 0 Å². The van der Waals surface area contributed by atoms with E-state index in [2.05, 4.69) is 13.0 Å². The molecule has 0 aliphatic carbocycles. The second-order valence-electron chi connectivity index (χ2n) is 1.89. The zero-order valence-electron chi connectivity index (χ0n) is 4.40. The molecule has 2 aliphatic heterocycles. The Morgan fingerprint density at radius 3 is 1.80 bits per heavy atom. The van der Waals surface area contributed by atoms with Gasteiger partial charge in [-0.15, -0.1) is 0 Å². The van der Waals surface area contributed by atoms with Crippen LogP contribution in [0, 0.1) is 0 Å². The molecule has 10 heavy (non-hydrogen) atoms. The molecule has 0 atom stereocenters. The van der Waals surface area contributed by atoms with Crippen molar-refractivity contribution in [1.29, 1.82) is 0 Å². The fourth-order valence-electron chi connectivity index (χ4n) is 0.870. The minimum atomic E-state index is -2.59. The molecule has 2 rings (SSSR count). The predicted octanol–water partition coefficient (Wildman–Crippen LogP) is -1.73. The SMILES string of the molecule is O=C=[As]12C(=O)[As]1(=C=O)[As]2#[Co]. The van der Waals surface area contributed by atoms with Gasteiger partial charge in [0.1, 0.15) is 0 Å². The average molecular weight is 368 g/mol. The first-order chi connectivity index (χ1) is 4.68. The molecule has 2 saturated heterocycles. The second kappa shape index (κ2) is 1.84. The molecule has 0 bridgehead atoms. The fraction of sp³-hybridized carbons (Fsp3) is 0. The molecule has 0 N–H and O–H groups in total. The van der Waals surface area contributed by atoms with Crippen molar-refractivity contribution < 1.29 is 27.3 Å². The summed E-state index contributed by atoms with van der Waals surface area (Å²) in [5, 5.41) is 0. The summed E-state index contributed by atoms with van der Waals surface area (Å²) in [6.07, 6.45) is 0. The predicted molar refractivity (Wildman–Crippen MR) is 34.0 cm³/mol. The zero-order valence-corrected chi connectivity index (χ0v) is 11.1. The quantitative estimate of drug-likeness (QED) is 0.478. The third-order valence-electron chi connectivity index (χ3n) is 1.59. The third kappa shape index (κ3) is 0.446. The second-order valence-corrected chi connectivity index (χ2v) is 79.8. The van der Waals surface area contributed by atoms with Gasteiger partial charge in [0.05, 0.1) is 0 Å². The van der Waals surface area contributed by atoms with Crippen LogP contribution < -0.4 is 0 Å². The van der Waals surface area contributed by atoms with Crippen LogP contribution in [0.4, 0.5) is 4.79 Å². The van der Waals surface area contributed by atoms with Crippen LogP contribution >= 0.6 is 0 Å². The van der Waals surface area contributed by atoms with E-state index < -0.39 is 25.9 Å². The average Bonchev–Trinajstić information content (AvgIpc) is 2.73. The molecule has 0 aromatic heterocycles. The number of rotatable bonds is 0. The number of carbonyl (C=O) groups excluding carboxylic acids is 3. The van der Waals surface area contributed by atoms with Crippen LogP contribution in [0.3, 0.4) is 0 Å². The standard InChI is InChI=1S/C3As3O3.Co/c7-1-5-3(9)6(5,2-8)4-5;/q-1;+1. The van der Waals surface area contributed by atoms with Crippen LogP contribution in [0.2, 0.25) is 0 Å². The topological polar surface area (TPSA) is 51.2 Å². The molecule has 0 aromatic rings. The van der Waals surface area contributed by atoms with Gasteiger partial charge in [0.2, 0.25) is 0 Å². The first kappa shape index (κ1) is 7.65. The summed E-state index contributed by atoms with van der Waals surface area (Å²) in [7, 11) is -6.63. The number of hydrogen-bond acceptors (Lipinski definition) is 3. The molecular weight excluding hydrogens is 368 g/mol. The third-order valence-corrected chi connectivity index (χ3v) is 144. The monoisotopic (exact) mass is 368 g/mol. The van der Waals surface area contributed by atoms with E-state index >= 15 is 0 Å². The van der Waals surface area contributed by atoms with Gasteiger partial charge in [0.15, 0.2) is 0 Å². The molecule has 0 radical (unpaired) electrons. The van der Waals surface area contributed by atoms with E-state index in [0.29, 0.717) is 0 Å². The summed E-state index contributed by atoms with van der Waals surface area (Å²) in [5.41, 5.74) is 0. The van der Waals surface area contributed by atoms with Crippen LogP contribution in [0.15, 0.2) is 0 Å². The Morgan fingerprint density at radius 1 is 1.30 bits per heavy atom. The van der Waals surface area contributed by atoms with Gasteiger partial charge in [-0.25, -0.2) is 0 Å². The first-order valence-electron chi connectivity index (χ1n) is 2.26. The summed E-state index contributed by atoms with van der Waals surface area (Å²) in [6.45, 7) is 0. The molecule has 0 unspecified atom stereocenters. The summed E-state index contributed by atoms with van der Waals surface area (Å²) >= 11 is 4.21. The van der Waals surface area contributed by atoms with Gasteiger partial charge in [0.25, 0.3) is 0 Å². The normalized spacial score (nSPS) is 50.9. The van der Waals surface area contributed by atoms with E-state index in [9.17, 15) is 14.4 Å². The maximum atomic E-state index is 10.9. The van der Waals surface area contributed by atoms with Gasteiger partial charge in [-0.05, 0) is 0 Å². The van der Waals surface area contributed by atoms with E-state index in [1.54, 1.807) is 0 Å². The Hall–Kier alpha value is 1.01. The molecule has 54 valence electrons.